The zero-order chi connectivity index (χ0) is 15.0. The molecule has 0 amide bonds. The fourth-order valence-corrected chi connectivity index (χ4v) is 3.59. The maximum Gasteiger partial charge on any atom is 0.314 e. The van der Waals surface area contributed by atoms with Gasteiger partial charge in [0.25, 0.3) is 0 Å². The highest BCUT2D eigenvalue weighted by molar-refractivity contribution is 7.10. The van der Waals surface area contributed by atoms with Crippen molar-refractivity contribution in [3.05, 3.63) is 51.7 Å². The summed E-state index contributed by atoms with van der Waals surface area (Å²) >= 11 is 7.58. The minimum absolute atomic E-state index is 0.332. The van der Waals surface area contributed by atoms with Crippen molar-refractivity contribution in [3.63, 3.8) is 0 Å². The van der Waals surface area contributed by atoms with Gasteiger partial charge in [0, 0.05) is 9.90 Å². The van der Waals surface area contributed by atoms with E-state index in [4.69, 9.17) is 11.6 Å². The van der Waals surface area contributed by atoms with E-state index in [0.717, 1.165) is 10.6 Å². The molecule has 1 aromatic carbocycles. The topological polar surface area (TPSA) is 52.9 Å². The predicted octanol–water partition coefficient (Wildman–Crippen LogP) is 4.04. The molecule has 1 aromatic heterocycles. The molecule has 1 aliphatic heterocycles. The van der Waals surface area contributed by atoms with E-state index in [9.17, 15) is 9.90 Å². The molecular formula is C15H13ClN2O2S. The molecule has 0 radical (unpaired) electrons. The average Bonchev–Trinajstić information content (AvgIpc) is 3.05. The number of thiophene rings is 1. The average molecular weight is 321 g/mol. The van der Waals surface area contributed by atoms with E-state index in [1.807, 2.05) is 29.6 Å². The van der Waals surface area contributed by atoms with E-state index >= 15 is 0 Å². The van der Waals surface area contributed by atoms with Gasteiger partial charge in [-0.05, 0) is 36.6 Å². The molecule has 6 heteroatoms. The van der Waals surface area contributed by atoms with Crippen molar-refractivity contribution in [2.75, 3.05) is 5.01 Å². The van der Waals surface area contributed by atoms with Gasteiger partial charge in [-0.3, -0.25) is 9.80 Å². The molecule has 0 aliphatic carbocycles. The van der Waals surface area contributed by atoms with Crippen LogP contribution < -0.4 is 5.01 Å². The van der Waals surface area contributed by atoms with Gasteiger partial charge < -0.3 is 5.11 Å². The maximum absolute atomic E-state index is 11.6. The Morgan fingerprint density at radius 1 is 1.38 bits per heavy atom. The highest BCUT2D eigenvalue weighted by atomic mass is 35.5. The van der Waals surface area contributed by atoms with Crippen LogP contribution in [0.3, 0.4) is 0 Å². The number of aliphatic carboxylic acids is 1. The summed E-state index contributed by atoms with van der Waals surface area (Å²) in [5.41, 5.74) is 1.39. The minimum atomic E-state index is -0.862. The molecule has 2 unspecified atom stereocenters. The Morgan fingerprint density at radius 2 is 2.19 bits per heavy atom. The zero-order valence-electron chi connectivity index (χ0n) is 11.2. The van der Waals surface area contributed by atoms with Gasteiger partial charge in [0.2, 0.25) is 0 Å². The van der Waals surface area contributed by atoms with Crippen molar-refractivity contribution in [1.82, 2.24) is 0 Å². The van der Waals surface area contributed by atoms with E-state index in [-0.39, 0.29) is 6.04 Å². The number of carboxylic acid groups (broad SMARTS) is 1. The quantitative estimate of drug-likeness (QED) is 0.928. The highest BCUT2D eigenvalue weighted by Crippen LogP contribution is 2.41. The van der Waals surface area contributed by atoms with E-state index in [0.29, 0.717) is 10.7 Å². The lowest BCUT2D eigenvalue weighted by Gasteiger charge is -2.25. The summed E-state index contributed by atoms with van der Waals surface area (Å²) in [5.74, 6) is -1.51. The number of rotatable bonds is 3. The van der Waals surface area contributed by atoms with E-state index in [2.05, 4.69) is 5.10 Å². The van der Waals surface area contributed by atoms with Crippen LogP contribution in [0.5, 0.6) is 0 Å². The van der Waals surface area contributed by atoms with E-state index in [1.54, 1.807) is 24.1 Å². The van der Waals surface area contributed by atoms with Crippen LogP contribution in [-0.4, -0.2) is 16.8 Å². The van der Waals surface area contributed by atoms with Crippen molar-refractivity contribution in [3.8, 4) is 0 Å². The summed E-state index contributed by atoms with van der Waals surface area (Å²) < 4.78 is 0. The normalized spacial score (nSPS) is 21.4. The minimum Gasteiger partial charge on any atom is -0.481 e. The summed E-state index contributed by atoms with van der Waals surface area (Å²) in [5, 5.41) is 18.3. The van der Waals surface area contributed by atoms with Gasteiger partial charge in [0.1, 0.15) is 12.0 Å². The number of hydrogen-bond acceptors (Lipinski definition) is 4. The first-order valence-electron chi connectivity index (χ1n) is 6.44. The van der Waals surface area contributed by atoms with E-state index in [1.165, 1.54) is 11.3 Å². The SMILES string of the molecule is CC1=NN(c2cccc(Cl)c2)C(c2cccs2)C1C(=O)O. The number of carbonyl (C=O) groups is 1. The number of halogens is 1. The second-order valence-electron chi connectivity index (χ2n) is 4.84. The molecule has 108 valence electrons. The summed E-state index contributed by atoms with van der Waals surface area (Å²) in [6.45, 7) is 1.75. The fraction of sp³-hybridized carbons (Fsp3) is 0.200. The smallest absolute Gasteiger partial charge is 0.314 e. The summed E-state index contributed by atoms with van der Waals surface area (Å²) in [7, 11) is 0. The first-order chi connectivity index (χ1) is 10.1. The molecule has 2 aromatic rings. The molecule has 1 N–H and O–H groups in total. The number of hydrazone groups is 1. The molecule has 2 atom stereocenters. The Hall–Kier alpha value is -1.85. The molecule has 0 saturated heterocycles. The van der Waals surface area contributed by atoms with Crippen molar-refractivity contribution >= 4 is 40.3 Å². The Balaban J connectivity index is 2.08. The molecule has 1 aliphatic rings. The first-order valence-corrected chi connectivity index (χ1v) is 7.70. The van der Waals surface area contributed by atoms with Crippen LogP contribution >= 0.6 is 22.9 Å². The largest absolute Gasteiger partial charge is 0.481 e. The number of benzene rings is 1. The summed E-state index contributed by atoms with van der Waals surface area (Å²) in [4.78, 5) is 12.6. The lowest BCUT2D eigenvalue weighted by Crippen LogP contribution is -2.29. The summed E-state index contributed by atoms with van der Waals surface area (Å²) in [6.07, 6.45) is 0. The van der Waals surface area contributed by atoms with Crippen LogP contribution in [0.1, 0.15) is 17.8 Å². The van der Waals surface area contributed by atoms with Gasteiger partial charge in [-0.15, -0.1) is 11.3 Å². The van der Waals surface area contributed by atoms with Crippen LogP contribution in [0.4, 0.5) is 5.69 Å². The van der Waals surface area contributed by atoms with Crippen molar-refractivity contribution < 1.29 is 9.90 Å². The number of nitrogens with zero attached hydrogens (tertiary/aromatic N) is 2. The molecule has 0 bridgehead atoms. The Bertz CT molecular complexity index is 699. The maximum atomic E-state index is 11.6. The Morgan fingerprint density at radius 3 is 2.81 bits per heavy atom. The third kappa shape index (κ3) is 2.54. The lowest BCUT2D eigenvalue weighted by molar-refractivity contribution is -0.139. The third-order valence-corrected chi connectivity index (χ3v) is 4.65. The molecule has 0 fully saturated rings. The van der Waals surface area contributed by atoms with Crippen molar-refractivity contribution in [2.24, 2.45) is 11.0 Å². The van der Waals surface area contributed by atoms with Crippen molar-refractivity contribution in [1.29, 1.82) is 0 Å². The van der Waals surface area contributed by atoms with Gasteiger partial charge in [-0.1, -0.05) is 23.7 Å². The van der Waals surface area contributed by atoms with Crippen LogP contribution in [0.25, 0.3) is 0 Å². The van der Waals surface area contributed by atoms with Crippen LogP contribution in [-0.2, 0) is 4.79 Å². The number of hydrogen-bond donors (Lipinski definition) is 1. The standard InChI is InChI=1S/C15H13ClN2O2S/c1-9-13(15(19)20)14(12-6-3-7-21-12)18(17-9)11-5-2-4-10(16)8-11/h2-8,13-14H,1H3,(H,19,20). The van der Waals surface area contributed by atoms with Crippen LogP contribution in [0.2, 0.25) is 5.02 Å². The second-order valence-corrected chi connectivity index (χ2v) is 6.26. The number of carboxylic acids is 1. The fourth-order valence-electron chi connectivity index (χ4n) is 2.56. The summed E-state index contributed by atoms with van der Waals surface area (Å²) in [6, 6.07) is 10.8. The van der Waals surface area contributed by atoms with Crippen LogP contribution in [0.15, 0.2) is 46.9 Å². The van der Waals surface area contributed by atoms with Crippen molar-refractivity contribution in [2.45, 2.75) is 13.0 Å². The predicted molar refractivity (Wildman–Crippen MR) is 85.2 cm³/mol. The molecular weight excluding hydrogens is 308 g/mol. The van der Waals surface area contributed by atoms with Gasteiger partial charge in [0.15, 0.2) is 0 Å². The van der Waals surface area contributed by atoms with Gasteiger partial charge in [-0.25, -0.2) is 0 Å². The molecule has 0 spiro atoms. The van der Waals surface area contributed by atoms with Gasteiger partial charge in [0.05, 0.1) is 11.4 Å². The van der Waals surface area contributed by atoms with Gasteiger partial charge in [-0.2, -0.15) is 5.10 Å². The zero-order valence-corrected chi connectivity index (χ0v) is 12.8. The molecule has 21 heavy (non-hydrogen) atoms. The number of anilines is 1. The van der Waals surface area contributed by atoms with E-state index < -0.39 is 11.9 Å². The van der Waals surface area contributed by atoms with Crippen LogP contribution in [0, 0.1) is 5.92 Å². The van der Waals surface area contributed by atoms with Gasteiger partial charge >= 0.3 is 5.97 Å². The molecule has 4 nitrogen and oxygen atoms in total. The Kier molecular flexibility index (Phi) is 3.69. The second kappa shape index (κ2) is 5.50. The molecule has 2 heterocycles. The first kappa shape index (κ1) is 14.1. The third-order valence-electron chi connectivity index (χ3n) is 3.47. The Labute approximate surface area is 131 Å². The lowest BCUT2D eigenvalue weighted by atomic mass is 9.95. The highest BCUT2D eigenvalue weighted by Gasteiger charge is 2.42. The monoisotopic (exact) mass is 320 g/mol. The molecule has 3 rings (SSSR count). The molecule has 0 saturated carbocycles.